The van der Waals surface area contributed by atoms with Crippen molar-refractivity contribution in [3.05, 3.63) is 42.5 Å². The molecule has 1 aromatic rings. The number of benzene rings is 1. The normalized spacial score (nSPS) is 10.0. The zero-order chi connectivity index (χ0) is 15.7. The summed E-state index contributed by atoms with van der Waals surface area (Å²) >= 11 is 0. The third-order valence-electron chi connectivity index (χ3n) is 3.04. The molecule has 0 fully saturated rings. The number of nitrogens with one attached hydrogen (secondary N) is 2. The highest BCUT2D eigenvalue weighted by Gasteiger charge is 2.12. The third kappa shape index (κ3) is 5.39. The molecular weight excluding hydrogens is 266 g/mol. The first kappa shape index (κ1) is 16.9. The van der Waals surface area contributed by atoms with Crippen LogP contribution in [0.4, 0.5) is 5.69 Å². The van der Waals surface area contributed by atoms with Crippen LogP contribution in [0.1, 0.15) is 24.2 Å². The van der Waals surface area contributed by atoms with Crippen molar-refractivity contribution in [1.82, 2.24) is 10.2 Å². The van der Waals surface area contributed by atoms with Crippen molar-refractivity contribution in [2.75, 3.05) is 31.5 Å². The highest BCUT2D eigenvalue weighted by atomic mass is 16.2. The Balaban J connectivity index is 2.59. The molecule has 0 bridgehead atoms. The van der Waals surface area contributed by atoms with Crippen LogP contribution in [0.3, 0.4) is 0 Å². The molecule has 0 radical (unpaired) electrons. The summed E-state index contributed by atoms with van der Waals surface area (Å²) in [6, 6.07) is 6.94. The minimum Gasteiger partial charge on any atom is -0.339 e. The standard InChI is InChI=1S/C16H23N3O2/c1-4-11-17-12-15(20)18-14-9-7-13(8-10-14)16(21)19(5-2)6-3/h4,7-10,17H,1,5-6,11-12H2,2-3H3,(H,18,20). The first-order valence-corrected chi connectivity index (χ1v) is 7.13. The molecule has 0 atom stereocenters. The van der Waals surface area contributed by atoms with E-state index in [0.717, 1.165) is 0 Å². The molecule has 5 nitrogen and oxygen atoms in total. The monoisotopic (exact) mass is 289 g/mol. The molecule has 0 saturated carbocycles. The fourth-order valence-electron chi connectivity index (χ4n) is 1.88. The number of rotatable bonds is 8. The average Bonchev–Trinajstić information content (AvgIpc) is 2.49. The van der Waals surface area contributed by atoms with E-state index in [1.165, 1.54) is 0 Å². The van der Waals surface area contributed by atoms with E-state index in [9.17, 15) is 9.59 Å². The first-order chi connectivity index (χ1) is 10.1. The SMILES string of the molecule is C=CCNCC(=O)Nc1ccc(C(=O)N(CC)CC)cc1. The van der Waals surface area contributed by atoms with Gasteiger partial charge >= 0.3 is 0 Å². The van der Waals surface area contributed by atoms with Crippen molar-refractivity contribution < 1.29 is 9.59 Å². The van der Waals surface area contributed by atoms with Gasteiger partial charge in [0.1, 0.15) is 0 Å². The third-order valence-corrected chi connectivity index (χ3v) is 3.04. The highest BCUT2D eigenvalue weighted by molar-refractivity contribution is 5.96. The number of nitrogens with zero attached hydrogens (tertiary/aromatic N) is 1. The highest BCUT2D eigenvalue weighted by Crippen LogP contribution is 2.11. The van der Waals surface area contributed by atoms with Gasteiger partial charge in [0.15, 0.2) is 0 Å². The van der Waals surface area contributed by atoms with E-state index in [1.54, 1.807) is 35.2 Å². The van der Waals surface area contributed by atoms with E-state index >= 15 is 0 Å². The molecule has 2 amide bonds. The number of carbonyl (C=O) groups is 2. The fourth-order valence-corrected chi connectivity index (χ4v) is 1.88. The van der Waals surface area contributed by atoms with E-state index in [0.29, 0.717) is 30.9 Å². The van der Waals surface area contributed by atoms with Gasteiger partial charge in [-0.05, 0) is 38.1 Å². The van der Waals surface area contributed by atoms with Crippen LogP contribution in [-0.2, 0) is 4.79 Å². The molecule has 114 valence electrons. The van der Waals surface area contributed by atoms with Crippen molar-refractivity contribution in [2.45, 2.75) is 13.8 Å². The summed E-state index contributed by atoms with van der Waals surface area (Å²) in [6.45, 7) is 9.65. The minimum absolute atomic E-state index is 0.00512. The van der Waals surface area contributed by atoms with Crippen molar-refractivity contribution >= 4 is 17.5 Å². The van der Waals surface area contributed by atoms with Gasteiger partial charge in [-0.3, -0.25) is 9.59 Å². The number of anilines is 1. The van der Waals surface area contributed by atoms with Gasteiger partial charge in [-0.15, -0.1) is 6.58 Å². The van der Waals surface area contributed by atoms with Crippen molar-refractivity contribution in [3.8, 4) is 0 Å². The van der Waals surface area contributed by atoms with Gasteiger partial charge in [-0.25, -0.2) is 0 Å². The van der Waals surface area contributed by atoms with E-state index in [-0.39, 0.29) is 18.4 Å². The quantitative estimate of drug-likeness (QED) is 0.567. The Morgan fingerprint density at radius 1 is 1.19 bits per heavy atom. The largest absolute Gasteiger partial charge is 0.339 e. The molecule has 0 unspecified atom stereocenters. The van der Waals surface area contributed by atoms with Gasteiger partial charge in [0.25, 0.3) is 5.91 Å². The Kier molecular flexibility index (Phi) is 7.18. The van der Waals surface area contributed by atoms with Crippen LogP contribution < -0.4 is 10.6 Å². The van der Waals surface area contributed by atoms with Crippen LogP contribution in [0.2, 0.25) is 0 Å². The van der Waals surface area contributed by atoms with Gasteiger partial charge < -0.3 is 15.5 Å². The maximum Gasteiger partial charge on any atom is 0.253 e. The molecule has 21 heavy (non-hydrogen) atoms. The molecule has 0 saturated heterocycles. The van der Waals surface area contributed by atoms with Gasteiger partial charge in [-0.1, -0.05) is 6.08 Å². The molecule has 2 N–H and O–H groups in total. The van der Waals surface area contributed by atoms with Crippen LogP contribution in [0.15, 0.2) is 36.9 Å². The number of hydrogen-bond donors (Lipinski definition) is 2. The second-order valence-corrected chi connectivity index (χ2v) is 4.52. The Morgan fingerprint density at radius 3 is 2.33 bits per heavy atom. The smallest absolute Gasteiger partial charge is 0.253 e. The molecule has 0 aromatic heterocycles. The van der Waals surface area contributed by atoms with Crippen LogP contribution in [-0.4, -0.2) is 42.9 Å². The van der Waals surface area contributed by atoms with Gasteiger partial charge in [-0.2, -0.15) is 0 Å². The molecule has 1 rings (SSSR count). The van der Waals surface area contributed by atoms with Crippen LogP contribution >= 0.6 is 0 Å². The predicted molar refractivity (Wildman–Crippen MR) is 85.4 cm³/mol. The molecule has 0 aliphatic rings. The van der Waals surface area contributed by atoms with E-state index in [2.05, 4.69) is 17.2 Å². The van der Waals surface area contributed by atoms with Crippen LogP contribution in [0, 0.1) is 0 Å². The lowest BCUT2D eigenvalue weighted by atomic mass is 10.1. The second-order valence-electron chi connectivity index (χ2n) is 4.52. The zero-order valence-corrected chi connectivity index (χ0v) is 12.7. The van der Waals surface area contributed by atoms with Crippen molar-refractivity contribution in [2.24, 2.45) is 0 Å². The lowest BCUT2D eigenvalue weighted by molar-refractivity contribution is -0.115. The minimum atomic E-state index is -0.125. The van der Waals surface area contributed by atoms with E-state index in [4.69, 9.17) is 0 Å². The number of carbonyl (C=O) groups excluding carboxylic acids is 2. The second kappa shape index (κ2) is 8.92. The molecule has 0 aliphatic carbocycles. The molecular formula is C16H23N3O2. The summed E-state index contributed by atoms with van der Waals surface area (Å²) in [5, 5.41) is 5.69. The van der Waals surface area contributed by atoms with Gasteiger partial charge in [0.2, 0.25) is 5.91 Å². The summed E-state index contributed by atoms with van der Waals surface area (Å²) in [7, 11) is 0. The van der Waals surface area contributed by atoms with E-state index < -0.39 is 0 Å². The fraction of sp³-hybridized carbons (Fsp3) is 0.375. The lowest BCUT2D eigenvalue weighted by Gasteiger charge is -2.18. The molecule has 1 aromatic carbocycles. The Bertz CT molecular complexity index is 479. The Labute approximate surface area is 126 Å². The van der Waals surface area contributed by atoms with Crippen LogP contribution in [0.25, 0.3) is 0 Å². The van der Waals surface area contributed by atoms with Gasteiger partial charge in [0.05, 0.1) is 6.54 Å². The summed E-state index contributed by atoms with van der Waals surface area (Å²) in [4.78, 5) is 25.5. The maximum atomic E-state index is 12.1. The Hall–Kier alpha value is -2.14. The molecule has 0 spiro atoms. The Morgan fingerprint density at radius 2 is 1.81 bits per heavy atom. The summed E-state index contributed by atoms with van der Waals surface area (Å²) in [5.41, 5.74) is 1.30. The molecule has 0 heterocycles. The molecule has 0 aliphatic heterocycles. The van der Waals surface area contributed by atoms with Crippen LogP contribution in [0.5, 0.6) is 0 Å². The summed E-state index contributed by atoms with van der Waals surface area (Å²) in [5.74, 6) is -0.120. The van der Waals surface area contributed by atoms with Crippen molar-refractivity contribution in [3.63, 3.8) is 0 Å². The van der Waals surface area contributed by atoms with Gasteiger partial charge in [0, 0.05) is 30.9 Å². The number of amides is 2. The maximum absolute atomic E-state index is 12.1. The summed E-state index contributed by atoms with van der Waals surface area (Å²) in [6.07, 6.45) is 1.70. The molecule has 5 heteroatoms. The number of hydrogen-bond acceptors (Lipinski definition) is 3. The lowest BCUT2D eigenvalue weighted by Crippen LogP contribution is -2.30. The average molecular weight is 289 g/mol. The first-order valence-electron chi connectivity index (χ1n) is 7.13. The topological polar surface area (TPSA) is 61.4 Å². The van der Waals surface area contributed by atoms with Crippen molar-refractivity contribution in [1.29, 1.82) is 0 Å². The zero-order valence-electron chi connectivity index (χ0n) is 12.7. The summed E-state index contributed by atoms with van der Waals surface area (Å²) < 4.78 is 0. The van der Waals surface area contributed by atoms with E-state index in [1.807, 2.05) is 13.8 Å². The predicted octanol–water partition coefficient (Wildman–Crippen LogP) is 1.88.